The van der Waals surface area contributed by atoms with Gasteiger partial charge in [-0.05, 0) is 68.6 Å². The summed E-state index contributed by atoms with van der Waals surface area (Å²) in [6, 6.07) is 6.20. The number of nitrogens with two attached hydrogens (primary N) is 1. The molecule has 1 amide bonds. The summed E-state index contributed by atoms with van der Waals surface area (Å²) in [5.41, 5.74) is 4.01. The van der Waals surface area contributed by atoms with Crippen LogP contribution in [0.1, 0.15) is 27.9 Å². The third-order valence-electron chi connectivity index (χ3n) is 8.36. The highest BCUT2D eigenvalue weighted by Gasteiger charge is 2.69. The number of hydrogen-bond donors (Lipinski definition) is 3. The average molecular weight is 523 g/mol. The summed E-state index contributed by atoms with van der Waals surface area (Å²) in [6.45, 7) is 1.73. The summed E-state index contributed by atoms with van der Waals surface area (Å²) in [6.07, 6.45) is -0.0156. The number of aliphatic hydroxyl groups is 1. The minimum atomic E-state index is -2.78. The SMILES string of the molecule is Cc1ccc(-c2ccc(O)c3c2C[C@H]2C[C@H]4[C@H](N(C)C)C(=O)C(C(N)=O)C(=O)[C@@]4(O)C(=O)C2C3=O)c(F)c1. The molecular formula is C28H27FN2O7. The molecule has 2 unspecified atom stereocenters. The van der Waals surface area contributed by atoms with E-state index in [-0.39, 0.29) is 24.0 Å². The number of Topliss-reactive ketones (excluding diaryl/α,β-unsaturated/α-hetero) is 4. The first-order valence-corrected chi connectivity index (χ1v) is 12.3. The van der Waals surface area contributed by atoms with E-state index < -0.39 is 75.9 Å². The molecule has 0 aliphatic heterocycles. The molecule has 0 saturated heterocycles. The third-order valence-corrected chi connectivity index (χ3v) is 8.36. The van der Waals surface area contributed by atoms with Crippen LogP contribution in [0.3, 0.4) is 0 Å². The zero-order valence-electron chi connectivity index (χ0n) is 21.0. The maximum atomic E-state index is 14.9. The number of hydrogen-bond acceptors (Lipinski definition) is 8. The summed E-state index contributed by atoms with van der Waals surface area (Å²) in [5, 5.41) is 22.2. The Morgan fingerprint density at radius 2 is 1.74 bits per heavy atom. The maximum absolute atomic E-state index is 14.9. The van der Waals surface area contributed by atoms with Crippen molar-refractivity contribution in [3.63, 3.8) is 0 Å². The van der Waals surface area contributed by atoms with Gasteiger partial charge in [-0.1, -0.05) is 18.2 Å². The molecule has 0 heterocycles. The predicted octanol–water partition coefficient (Wildman–Crippen LogP) is 0.982. The maximum Gasteiger partial charge on any atom is 0.235 e. The molecule has 9 nitrogen and oxygen atoms in total. The normalized spacial score (nSPS) is 30.6. The lowest BCUT2D eigenvalue weighted by molar-refractivity contribution is -0.181. The zero-order valence-corrected chi connectivity index (χ0v) is 21.0. The van der Waals surface area contributed by atoms with E-state index in [1.165, 1.54) is 37.2 Å². The number of amides is 1. The summed E-state index contributed by atoms with van der Waals surface area (Å²) >= 11 is 0. The minimum Gasteiger partial charge on any atom is -0.507 e. The number of carbonyl (C=O) groups excluding carboxylic acids is 5. The van der Waals surface area contributed by atoms with Gasteiger partial charge < -0.3 is 15.9 Å². The Bertz CT molecular complexity index is 1450. The van der Waals surface area contributed by atoms with Gasteiger partial charge in [0.1, 0.15) is 11.6 Å². The lowest BCUT2D eigenvalue weighted by Gasteiger charge is -2.52. The van der Waals surface area contributed by atoms with Crippen molar-refractivity contribution in [2.24, 2.45) is 29.4 Å². The standard InChI is InChI=1S/C28H27FN2O7/c1-11-4-5-14(17(29)8-11)13-6-7-18(32)20-15(13)9-12-10-16-22(31(2)3)24(34)21(27(30)37)26(36)28(16,38)25(35)19(12)23(20)33/h4-8,12,16,19,21-22,32,38H,9-10H2,1-3H3,(H2,30,37)/t12-,16-,19?,21?,22-,28-/m0/s1. The Morgan fingerprint density at radius 3 is 2.34 bits per heavy atom. The first kappa shape index (κ1) is 25.9. The number of likely N-dealkylation sites (N-methyl/N-ethyl adjacent to an activating group) is 1. The monoisotopic (exact) mass is 522 g/mol. The Hall–Kier alpha value is -3.76. The fourth-order valence-electron chi connectivity index (χ4n) is 6.70. The first-order valence-electron chi connectivity index (χ1n) is 12.3. The highest BCUT2D eigenvalue weighted by atomic mass is 19.1. The van der Waals surface area contributed by atoms with Gasteiger partial charge in [0.25, 0.3) is 0 Å². The minimum absolute atomic E-state index is 0.0584. The van der Waals surface area contributed by atoms with E-state index in [1.807, 2.05) is 0 Å². The number of carbonyl (C=O) groups is 5. The molecule has 198 valence electrons. The van der Waals surface area contributed by atoms with Gasteiger partial charge in [0.15, 0.2) is 34.7 Å². The fraction of sp³-hybridized carbons (Fsp3) is 0.393. The van der Waals surface area contributed by atoms with Crippen molar-refractivity contribution in [3.05, 3.63) is 52.8 Å². The molecule has 38 heavy (non-hydrogen) atoms. The molecule has 0 spiro atoms. The number of nitrogens with zero attached hydrogens (tertiary/aromatic N) is 1. The van der Waals surface area contributed by atoms with Gasteiger partial charge in [-0.25, -0.2) is 4.39 Å². The van der Waals surface area contributed by atoms with Crippen LogP contribution in [0.2, 0.25) is 0 Å². The van der Waals surface area contributed by atoms with Crippen LogP contribution in [0.5, 0.6) is 5.75 Å². The highest BCUT2D eigenvalue weighted by molar-refractivity contribution is 6.32. The van der Waals surface area contributed by atoms with Crippen LogP contribution < -0.4 is 5.73 Å². The molecule has 6 atom stereocenters. The van der Waals surface area contributed by atoms with E-state index in [9.17, 15) is 38.6 Å². The van der Waals surface area contributed by atoms with E-state index in [1.54, 1.807) is 19.1 Å². The molecule has 3 aliphatic rings. The zero-order chi connectivity index (χ0) is 27.8. The van der Waals surface area contributed by atoms with Crippen molar-refractivity contribution < 1.29 is 38.6 Å². The summed E-state index contributed by atoms with van der Waals surface area (Å²) in [7, 11) is 3.04. The van der Waals surface area contributed by atoms with E-state index in [4.69, 9.17) is 5.73 Å². The fourth-order valence-corrected chi connectivity index (χ4v) is 6.70. The number of ketones is 4. The molecule has 2 aromatic rings. The number of halogens is 1. The number of aryl methyl sites for hydroxylation is 1. The van der Waals surface area contributed by atoms with Crippen molar-refractivity contribution in [1.82, 2.24) is 4.90 Å². The topological polar surface area (TPSA) is 155 Å². The smallest absolute Gasteiger partial charge is 0.235 e. The molecule has 0 aromatic heterocycles. The number of phenolic OH excluding ortho intramolecular Hbond substituents is 1. The van der Waals surface area contributed by atoms with Crippen LogP contribution in [0, 0.1) is 36.4 Å². The number of primary amides is 1. The summed E-state index contributed by atoms with van der Waals surface area (Å²) < 4.78 is 14.9. The van der Waals surface area contributed by atoms with E-state index in [2.05, 4.69) is 0 Å². The van der Waals surface area contributed by atoms with Crippen LogP contribution in [-0.2, 0) is 25.6 Å². The molecule has 10 heteroatoms. The van der Waals surface area contributed by atoms with Gasteiger partial charge in [-0.15, -0.1) is 0 Å². The van der Waals surface area contributed by atoms with Gasteiger partial charge in [-0.3, -0.25) is 28.9 Å². The molecule has 2 fully saturated rings. The van der Waals surface area contributed by atoms with Crippen molar-refractivity contribution in [3.8, 4) is 16.9 Å². The molecule has 2 saturated carbocycles. The van der Waals surface area contributed by atoms with Gasteiger partial charge in [0, 0.05) is 11.5 Å². The van der Waals surface area contributed by atoms with E-state index in [0.29, 0.717) is 16.7 Å². The lowest BCUT2D eigenvalue weighted by Crippen LogP contribution is -2.74. The first-order chi connectivity index (χ1) is 17.8. The number of aromatic hydroxyl groups is 1. The second-order valence-corrected chi connectivity index (χ2v) is 10.8. The van der Waals surface area contributed by atoms with E-state index >= 15 is 0 Å². The molecule has 3 aliphatic carbocycles. The molecule has 5 rings (SSSR count). The molecule has 2 aromatic carbocycles. The van der Waals surface area contributed by atoms with Gasteiger partial charge >= 0.3 is 0 Å². The summed E-state index contributed by atoms with van der Waals surface area (Å²) in [4.78, 5) is 67.5. The number of rotatable bonds is 3. The number of fused-ring (bicyclic) bond motifs is 3. The van der Waals surface area contributed by atoms with Gasteiger partial charge in [-0.2, -0.15) is 0 Å². The molecule has 4 N–H and O–H groups in total. The van der Waals surface area contributed by atoms with Crippen LogP contribution in [0.25, 0.3) is 11.1 Å². The molecule has 0 bridgehead atoms. The van der Waals surface area contributed by atoms with E-state index in [0.717, 1.165) is 0 Å². The van der Waals surface area contributed by atoms with Crippen LogP contribution in [0.15, 0.2) is 30.3 Å². The second-order valence-electron chi connectivity index (χ2n) is 10.8. The van der Waals surface area contributed by atoms with Gasteiger partial charge in [0.05, 0.1) is 17.5 Å². The van der Waals surface area contributed by atoms with Crippen molar-refractivity contribution in [1.29, 1.82) is 0 Å². The Balaban J connectivity index is 1.67. The average Bonchev–Trinajstić information content (AvgIpc) is 2.81. The second kappa shape index (κ2) is 8.64. The largest absolute Gasteiger partial charge is 0.507 e. The van der Waals surface area contributed by atoms with Crippen molar-refractivity contribution in [2.45, 2.75) is 31.4 Å². The third kappa shape index (κ3) is 3.40. The van der Waals surface area contributed by atoms with Crippen LogP contribution >= 0.6 is 0 Å². The van der Waals surface area contributed by atoms with Crippen molar-refractivity contribution >= 4 is 29.0 Å². The van der Waals surface area contributed by atoms with Crippen LogP contribution in [0.4, 0.5) is 4.39 Å². The van der Waals surface area contributed by atoms with Gasteiger partial charge in [0.2, 0.25) is 5.91 Å². The molecular weight excluding hydrogens is 495 g/mol. The predicted molar refractivity (Wildman–Crippen MR) is 131 cm³/mol. The number of benzene rings is 2. The highest BCUT2D eigenvalue weighted by Crippen LogP contribution is 2.51. The lowest BCUT2D eigenvalue weighted by atomic mass is 9.52. The number of phenols is 1. The van der Waals surface area contributed by atoms with Crippen LogP contribution in [-0.4, -0.2) is 69.9 Å². The Kier molecular flexibility index (Phi) is 5.88. The Morgan fingerprint density at radius 1 is 1.08 bits per heavy atom. The van der Waals surface area contributed by atoms with Crippen molar-refractivity contribution in [2.75, 3.05) is 14.1 Å². The Labute approximate surface area is 217 Å². The summed E-state index contributed by atoms with van der Waals surface area (Å²) in [5.74, 6) is -11.8. The molecule has 0 radical (unpaired) electrons. The quantitative estimate of drug-likeness (QED) is 0.504.